The van der Waals surface area contributed by atoms with Gasteiger partial charge >= 0.3 is 5.97 Å². The van der Waals surface area contributed by atoms with Gasteiger partial charge in [0, 0.05) is 6.42 Å². The number of aryl methyl sites for hydroxylation is 1. The summed E-state index contributed by atoms with van der Waals surface area (Å²) in [6, 6.07) is 6.23. The molecule has 0 fully saturated rings. The molecule has 3 nitrogen and oxygen atoms in total. The van der Waals surface area contributed by atoms with Crippen molar-refractivity contribution in [1.29, 1.82) is 0 Å². The largest absolute Gasteiger partial charge is 0.494 e. The molecule has 0 spiro atoms. The molecular formula is C16H24O3. The molecule has 1 aromatic rings. The smallest absolute Gasteiger partial charge is 0.303 e. The number of aliphatic carboxylic acids is 1. The standard InChI is InChI=1S/C16H24O3/c1-5-19-14-10-9-13(16(2,3)4)11-12(14)7-6-8-15(17)18/h9-11H,5-8H2,1-4H3,(H,17,18). The molecule has 0 saturated heterocycles. The zero-order valence-electron chi connectivity index (χ0n) is 12.3. The van der Waals surface area contributed by atoms with E-state index in [4.69, 9.17) is 9.84 Å². The SMILES string of the molecule is CCOc1ccc(C(C)(C)C)cc1CCCC(=O)O. The zero-order chi connectivity index (χ0) is 14.5. The Kier molecular flexibility index (Phi) is 5.40. The van der Waals surface area contributed by atoms with E-state index in [1.165, 1.54) is 5.56 Å². The summed E-state index contributed by atoms with van der Waals surface area (Å²) in [5.41, 5.74) is 2.45. The maximum absolute atomic E-state index is 10.6. The Morgan fingerprint density at radius 3 is 2.53 bits per heavy atom. The van der Waals surface area contributed by atoms with Crippen LogP contribution in [0.4, 0.5) is 0 Å². The molecule has 0 atom stereocenters. The first kappa shape index (κ1) is 15.5. The number of rotatable bonds is 6. The van der Waals surface area contributed by atoms with Crippen molar-refractivity contribution < 1.29 is 14.6 Å². The summed E-state index contributed by atoms with van der Waals surface area (Å²) in [4.78, 5) is 10.6. The monoisotopic (exact) mass is 264 g/mol. The molecule has 0 saturated carbocycles. The first-order valence-corrected chi connectivity index (χ1v) is 6.82. The Morgan fingerprint density at radius 1 is 1.32 bits per heavy atom. The molecule has 1 rings (SSSR count). The molecule has 106 valence electrons. The van der Waals surface area contributed by atoms with Crippen molar-refractivity contribution in [1.82, 2.24) is 0 Å². The predicted octanol–water partition coefficient (Wildman–Crippen LogP) is 3.79. The van der Waals surface area contributed by atoms with Gasteiger partial charge in [-0.3, -0.25) is 4.79 Å². The quantitative estimate of drug-likeness (QED) is 0.850. The zero-order valence-corrected chi connectivity index (χ0v) is 12.3. The van der Waals surface area contributed by atoms with Gasteiger partial charge < -0.3 is 9.84 Å². The van der Waals surface area contributed by atoms with Crippen molar-refractivity contribution in [2.24, 2.45) is 0 Å². The van der Waals surface area contributed by atoms with Crippen LogP contribution in [-0.4, -0.2) is 17.7 Å². The Labute approximate surface area is 115 Å². The molecule has 19 heavy (non-hydrogen) atoms. The van der Waals surface area contributed by atoms with Gasteiger partial charge in [-0.05, 0) is 42.4 Å². The van der Waals surface area contributed by atoms with E-state index in [1.807, 2.05) is 13.0 Å². The molecule has 0 heterocycles. The average Bonchev–Trinajstić information content (AvgIpc) is 2.29. The lowest BCUT2D eigenvalue weighted by atomic mass is 9.85. The summed E-state index contributed by atoms with van der Waals surface area (Å²) in [5.74, 6) is 0.130. The second kappa shape index (κ2) is 6.60. The van der Waals surface area contributed by atoms with Crippen LogP contribution in [-0.2, 0) is 16.6 Å². The van der Waals surface area contributed by atoms with Crippen LogP contribution >= 0.6 is 0 Å². The van der Waals surface area contributed by atoms with E-state index >= 15 is 0 Å². The van der Waals surface area contributed by atoms with Crippen molar-refractivity contribution in [3.8, 4) is 5.75 Å². The lowest BCUT2D eigenvalue weighted by Crippen LogP contribution is -2.12. The molecule has 1 N–H and O–H groups in total. The van der Waals surface area contributed by atoms with Gasteiger partial charge in [-0.1, -0.05) is 32.9 Å². The molecule has 0 bridgehead atoms. The number of hydrogen-bond donors (Lipinski definition) is 1. The van der Waals surface area contributed by atoms with E-state index in [0.29, 0.717) is 13.0 Å². The van der Waals surface area contributed by atoms with Crippen molar-refractivity contribution >= 4 is 5.97 Å². The number of carbonyl (C=O) groups is 1. The number of benzene rings is 1. The Balaban J connectivity index is 2.91. The minimum atomic E-state index is -0.745. The first-order valence-electron chi connectivity index (χ1n) is 6.82. The molecular weight excluding hydrogens is 240 g/mol. The Morgan fingerprint density at radius 2 is 2.00 bits per heavy atom. The van der Waals surface area contributed by atoms with Crippen LogP contribution in [0.1, 0.15) is 51.7 Å². The second-order valence-electron chi connectivity index (χ2n) is 5.75. The molecule has 0 amide bonds. The third-order valence-electron chi connectivity index (χ3n) is 3.06. The molecule has 3 heteroatoms. The molecule has 0 unspecified atom stereocenters. The van der Waals surface area contributed by atoms with Crippen molar-refractivity contribution in [3.05, 3.63) is 29.3 Å². The highest BCUT2D eigenvalue weighted by molar-refractivity contribution is 5.66. The summed E-state index contributed by atoms with van der Waals surface area (Å²) in [6.07, 6.45) is 1.58. The van der Waals surface area contributed by atoms with Gasteiger partial charge in [0.2, 0.25) is 0 Å². The number of ether oxygens (including phenoxy) is 1. The predicted molar refractivity (Wildman–Crippen MR) is 76.9 cm³/mol. The van der Waals surface area contributed by atoms with Gasteiger partial charge in [-0.2, -0.15) is 0 Å². The second-order valence-corrected chi connectivity index (χ2v) is 5.75. The molecule has 0 aliphatic carbocycles. The van der Waals surface area contributed by atoms with Crippen LogP contribution in [0.3, 0.4) is 0 Å². The van der Waals surface area contributed by atoms with E-state index in [1.54, 1.807) is 0 Å². The molecule has 0 aliphatic heterocycles. The third-order valence-corrected chi connectivity index (χ3v) is 3.06. The van der Waals surface area contributed by atoms with E-state index in [9.17, 15) is 4.79 Å². The Bertz CT molecular complexity index is 430. The van der Waals surface area contributed by atoms with Crippen LogP contribution in [0.2, 0.25) is 0 Å². The average molecular weight is 264 g/mol. The lowest BCUT2D eigenvalue weighted by Gasteiger charge is -2.21. The third kappa shape index (κ3) is 4.93. The highest BCUT2D eigenvalue weighted by atomic mass is 16.5. The minimum absolute atomic E-state index is 0.0896. The number of carboxylic acids is 1. The topological polar surface area (TPSA) is 46.5 Å². The minimum Gasteiger partial charge on any atom is -0.494 e. The normalized spacial score (nSPS) is 11.4. The molecule has 0 radical (unpaired) electrons. The fourth-order valence-corrected chi connectivity index (χ4v) is 1.97. The van der Waals surface area contributed by atoms with Crippen molar-refractivity contribution in [2.45, 2.75) is 52.4 Å². The maximum Gasteiger partial charge on any atom is 0.303 e. The lowest BCUT2D eigenvalue weighted by molar-refractivity contribution is -0.137. The highest BCUT2D eigenvalue weighted by Gasteiger charge is 2.16. The van der Waals surface area contributed by atoms with Crippen LogP contribution in [0.15, 0.2) is 18.2 Å². The fourth-order valence-electron chi connectivity index (χ4n) is 1.97. The highest BCUT2D eigenvalue weighted by Crippen LogP contribution is 2.29. The fraction of sp³-hybridized carbons (Fsp3) is 0.562. The van der Waals surface area contributed by atoms with Gasteiger partial charge in [0.1, 0.15) is 5.75 Å². The molecule has 0 aliphatic rings. The van der Waals surface area contributed by atoms with E-state index in [0.717, 1.165) is 17.7 Å². The van der Waals surface area contributed by atoms with Crippen molar-refractivity contribution in [3.63, 3.8) is 0 Å². The van der Waals surface area contributed by atoms with Gasteiger partial charge in [-0.15, -0.1) is 0 Å². The number of carboxylic acid groups (broad SMARTS) is 1. The Hall–Kier alpha value is -1.51. The van der Waals surface area contributed by atoms with Crippen LogP contribution in [0.25, 0.3) is 0 Å². The van der Waals surface area contributed by atoms with Crippen LogP contribution in [0, 0.1) is 0 Å². The first-order chi connectivity index (χ1) is 8.84. The maximum atomic E-state index is 10.6. The van der Waals surface area contributed by atoms with E-state index < -0.39 is 5.97 Å². The number of hydrogen-bond acceptors (Lipinski definition) is 2. The summed E-state index contributed by atoms with van der Waals surface area (Å²) in [6.45, 7) is 9.09. The van der Waals surface area contributed by atoms with Gasteiger partial charge in [0.25, 0.3) is 0 Å². The molecule has 0 aromatic heterocycles. The molecule has 1 aromatic carbocycles. The van der Waals surface area contributed by atoms with E-state index in [-0.39, 0.29) is 11.8 Å². The summed E-state index contributed by atoms with van der Waals surface area (Å²) < 4.78 is 5.61. The summed E-state index contributed by atoms with van der Waals surface area (Å²) in [5, 5.41) is 8.72. The van der Waals surface area contributed by atoms with E-state index in [2.05, 4.69) is 32.9 Å². The van der Waals surface area contributed by atoms with Gasteiger partial charge in [0.05, 0.1) is 6.61 Å². The van der Waals surface area contributed by atoms with Crippen LogP contribution in [0.5, 0.6) is 5.75 Å². The van der Waals surface area contributed by atoms with Crippen LogP contribution < -0.4 is 4.74 Å². The van der Waals surface area contributed by atoms with Gasteiger partial charge in [-0.25, -0.2) is 0 Å². The summed E-state index contributed by atoms with van der Waals surface area (Å²) in [7, 11) is 0. The summed E-state index contributed by atoms with van der Waals surface area (Å²) >= 11 is 0. The van der Waals surface area contributed by atoms with Gasteiger partial charge in [0.15, 0.2) is 0 Å². The van der Waals surface area contributed by atoms with Crippen molar-refractivity contribution in [2.75, 3.05) is 6.61 Å².